The van der Waals surface area contributed by atoms with Crippen molar-refractivity contribution in [2.45, 2.75) is 6.42 Å². The smallest absolute Gasteiger partial charge is 0.227 e. The van der Waals surface area contributed by atoms with Crippen molar-refractivity contribution < 1.29 is 8.83 Å². The SMILES string of the molecule is c1coc(CCNc2ccc(-c3nc4ccccc4o3)cc2)c1. The van der Waals surface area contributed by atoms with Crippen molar-refractivity contribution in [3.8, 4) is 11.5 Å². The Hall–Kier alpha value is -3.01. The Balaban J connectivity index is 1.44. The molecule has 114 valence electrons. The molecule has 0 amide bonds. The summed E-state index contributed by atoms with van der Waals surface area (Å²) in [6, 6.07) is 19.8. The third-order valence-electron chi connectivity index (χ3n) is 3.71. The van der Waals surface area contributed by atoms with E-state index in [1.54, 1.807) is 6.26 Å². The second kappa shape index (κ2) is 6.01. The Morgan fingerprint density at radius 2 is 1.78 bits per heavy atom. The summed E-state index contributed by atoms with van der Waals surface area (Å²) in [5.41, 5.74) is 3.72. The van der Waals surface area contributed by atoms with E-state index in [2.05, 4.69) is 10.3 Å². The van der Waals surface area contributed by atoms with Crippen LogP contribution in [0.2, 0.25) is 0 Å². The number of anilines is 1. The van der Waals surface area contributed by atoms with Crippen molar-refractivity contribution in [2.24, 2.45) is 0 Å². The van der Waals surface area contributed by atoms with Crippen LogP contribution in [-0.4, -0.2) is 11.5 Å². The molecule has 4 nitrogen and oxygen atoms in total. The molecular formula is C19H16N2O2. The van der Waals surface area contributed by atoms with Gasteiger partial charge in [0.05, 0.1) is 6.26 Å². The van der Waals surface area contributed by atoms with Gasteiger partial charge < -0.3 is 14.2 Å². The maximum atomic E-state index is 5.78. The Kier molecular flexibility index (Phi) is 3.56. The lowest BCUT2D eigenvalue weighted by Crippen LogP contribution is -2.03. The molecule has 2 heterocycles. The van der Waals surface area contributed by atoms with Gasteiger partial charge in [-0.15, -0.1) is 0 Å². The van der Waals surface area contributed by atoms with E-state index in [4.69, 9.17) is 8.83 Å². The third-order valence-corrected chi connectivity index (χ3v) is 3.71. The molecule has 0 aliphatic rings. The highest BCUT2D eigenvalue weighted by Gasteiger charge is 2.07. The van der Waals surface area contributed by atoms with Crippen molar-refractivity contribution in [3.63, 3.8) is 0 Å². The van der Waals surface area contributed by atoms with Crippen LogP contribution in [0.3, 0.4) is 0 Å². The van der Waals surface area contributed by atoms with Crippen LogP contribution in [-0.2, 0) is 6.42 Å². The van der Waals surface area contributed by atoms with E-state index in [-0.39, 0.29) is 0 Å². The summed E-state index contributed by atoms with van der Waals surface area (Å²) >= 11 is 0. The zero-order valence-corrected chi connectivity index (χ0v) is 12.5. The van der Waals surface area contributed by atoms with Gasteiger partial charge in [-0.3, -0.25) is 0 Å². The summed E-state index contributed by atoms with van der Waals surface area (Å²) in [7, 11) is 0. The maximum Gasteiger partial charge on any atom is 0.227 e. The number of para-hydroxylation sites is 2. The van der Waals surface area contributed by atoms with Gasteiger partial charge in [0.15, 0.2) is 5.58 Å². The zero-order chi connectivity index (χ0) is 15.5. The van der Waals surface area contributed by atoms with Crippen molar-refractivity contribution in [1.82, 2.24) is 4.98 Å². The molecule has 0 saturated carbocycles. The molecule has 4 aromatic rings. The first-order valence-corrected chi connectivity index (χ1v) is 7.61. The number of oxazole rings is 1. The fourth-order valence-electron chi connectivity index (χ4n) is 2.51. The van der Waals surface area contributed by atoms with E-state index >= 15 is 0 Å². The highest BCUT2D eigenvalue weighted by atomic mass is 16.3. The molecule has 0 bridgehead atoms. The number of nitrogens with one attached hydrogen (secondary N) is 1. The van der Waals surface area contributed by atoms with E-state index in [9.17, 15) is 0 Å². The van der Waals surface area contributed by atoms with E-state index in [0.717, 1.165) is 41.1 Å². The molecule has 0 unspecified atom stereocenters. The fraction of sp³-hybridized carbons (Fsp3) is 0.105. The van der Waals surface area contributed by atoms with Crippen molar-refractivity contribution in [2.75, 3.05) is 11.9 Å². The quantitative estimate of drug-likeness (QED) is 0.578. The van der Waals surface area contributed by atoms with Crippen LogP contribution in [0.5, 0.6) is 0 Å². The van der Waals surface area contributed by atoms with Crippen molar-refractivity contribution >= 4 is 16.8 Å². The fourth-order valence-corrected chi connectivity index (χ4v) is 2.51. The number of fused-ring (bicyclic) bond motifs is 1. The number of benzene rings is 2. The van der Waals surface area contributed by atoms with Gasteiger partial charge in [-0.1, -0.05) is 12.1 Å². The predicted octanol–water partition coefficient (Wildman–Crippen LogP) is 4.74. The summed E-state index contributed by atoms with van der Waals surface area (Å²) in [6.07, 6.45) is 2.56. The van der Waals surface area contributed by atoms with Crippen LogP contribution in [0.15, 0.2) is 75.8 Å². The predicted molar refractivity (Wildman–Crippen MR) is 90.3 cm³/mol. The topological polar surface area (TPSA) is 51.2 Å². The van der Waals surface area contributed by atoms with Crippen LogP contribution >= 0.6 is 0 Å². The maximum absolute atomic E-state index is 5.78. The van der Waals surface area contributed by atoms with Gasteiger partial charge >= 0.3 is 0 Å². The monoisotopic (exact) mass is 304 g/mol. The van der Waals surface area contributed by atoms with Gasteiger partial charge in [-0.05, 0) is 48.5 Å². The summed E-state index contributed by atoms with van der Waals surface area (Å²) in [4.78, 5) is 4.51. The number of hydrogen-bond acceptors (Lipinski definition) is 4. The lowest BCUT2D eigenvalue weighted by Gasteiger charge is -2.05. The Labute approximate surface area is 133 Å². The van der Waals surface area contributed by atoms with E-state index < -0.39 is 0 Å². The first kappa shape index (κ1) is 13.6. The first-order chi connectivity index (χ1) is 11.4. The minimum atomic E-state index is 0.647. The van der Waals surface area contributed by atoms with E-state index in [1.165, 1.54) is 0 Å². The molecule has 4 rings (SSSR count). The Morgan fingerprint density at radius 3 is 2.57 bits per heavy atom. The first-order valence-electron chi connectivity index (χ1n) is 7.61. The molecule has 0 spiro atoms. The molecule has 0 aliphatic heterocycles. The highest BCUT2D eigenvalue weighted by Crippen LogP contribution is 2.25. The van der Waals surface area contributed by atoms with Gasteiger partial charge in [0.1, 0.15) is 11.3 Å². The minimum absolute atomic E-state index is 0.647. The second-order valence-electron chi connectivity index (χ2n) is 5.32. The lowest BCUT2D eigenvalue weighted by molar-refractivity contribution is 0.513. The number of nitrogens with zero attached hydrogens (tertiary/aromatic N) is 1. The number of rotatable bonds is 5. The van der Waals surface area contributed by atoms with Crippen LogP contribution in [0, 0.1) is 0 Å². The standard InChI is InChI=1S/C19H16N2O2/c1-2-6-18-17(5-1)21-19(23-18)14-7-9-15(10-8-14)20-12-11-16-4-3-13-22-16/h1-10,13,20H,11-12H2. The average Bonchev–Trinajstić information content (AvgIpc) is 3.24. The molecule has 0 aliphatic carbocycles. The van der Waals surface area contributed by atoms with E-state index in [0.29, 0.717) is 5.89 Å². The molecular weight excluding hydrogens is 288 g/mol. The summed E-state index contributed by atoms with van der Waals surface area (Å²) in [5, 5.41) is 3.38. The summed E-state index contributed by atoms with van der Waals surface area (Å²) in [6.45, 7) is 0.829. The molecule has 0 radical (unpaired) electrons. The van der Waals surface area contributed by atoms with Gasteiger partial charge in [0.25, 0.3) is 0 Å². The van der Waals surface area contributed by atoms with Gasteiger partial charge in [0.2, 0.25) is 5.89 Å². The zero-order valence-electron chi connectivity index (χ0n) is 12.5. The molecule has 2 aromatic carbocycles. The van der Waals surface area contributed by atoms with Crippen LogP contribution in [0.25, 0.3) is 22.6 Å². The normalized spacial score (nSPS) is 11.0. The second-order valence-corrected chi connectivity index (χ2v) is 5.32. The third kappa shape index (κ3) is 2.97. The molecule has 0 fully saturated rings. The average molecular weight is 304 g/mol. The molecule has 0 atom stereocenters. The number of hydrogen-bond donors (Lipinski definition) is 1. The molecule has 1 N–H and O–H groups in total. The Morgan fingerprint density at radius 1 is 0.913 bits per heavy atom. The molecule has 2 aromatic heterocycles. The molecule has 23 heavy (non-hydrogen) atoms. The Bertz CT molecular complexity index is 860. The summed E-state index contributed by atoms with van der Waals surface area (Å²) < 4.78 is 11.1. The van der Waals surface area contributed by atoms with Crippen molar-refractivity contribution in [3.05, 3.63) is 72.7 Å². The van der Waals surface area contributed by atoms with Crippen molar-refractivity contribution in [1.29, 1.82) is 0 Å². The van der Waals surface area contributed by atoms with Crippen LogP contribution in [0.4, 0.5) is 5.69 Å². The highest BCUT2D eigenvalue weighted by molar-refractivity contribution is 5.76. The largest absolute Gasteiger partial charge is 0.469 e. The van der Waals surface area contributed by atoms with Gasteiger partial charge in [-0.2, -0.15) is 0 Å². The lowest BCUT2D eigenvalue weighted by atomic mass is 10.2. The van der Waals surface area contributed by atoms with Gasteiger partial charge in [0, 0.05) is 24.2 Å². The van der Waals surface area contributed by atoms with Crippen LogP contribution < -0.4 is 5.32 Å². The van der Waals surface area contributed by atoms with Crippen LogP contribution in [0.1, 0.15) is 5.76 Å². The minimum Gasteiger partial charge on any atom is -0.469 e. The molecule has 4 heteroatoms. The van der Waals surface area contributed by atoms with Gasteiger partial charge in [-0.25, -0.2) is 4.98 Å². The summed E-state index contributed by atoms with van der Waals surface area (Å²) in [5.74, 6) is 1.63. The number of furan rings is 1. The van der Waals surface area contributed by atoms with E-state index in [1.807, 2.05) is 60.7 Å². The molecule has 0 saturated heterocycles. The number of aromatic nitrogens is 1.